The van der Waals surface area contributed by atoms with Crippen LogP contribution in [0.2, 0.25) is 0 Å². The van der Waals surface area contributed by atoms with Crippen LogP contribution in [0, 0.1) is 0 Å². The molecular weight excluding hydrogens is 360 g/mol. The number of carbonyl (C=O) groups is 3. The van der Waals surface area contributed by atoms with Gasteiger partial charge in [-0.1, -0.05) is 43.2 Å². The Balaban J connectivity index is 0.000000409. The van der Waals surface area contributed by atoms with E-state index in [2.05, 4.69) is 9.80 Å². The summed E-state index contributed by atoms with van der Waals surface area (Å²) in [5.74, 6) is -3.36. The molecule has 7 nitrogen and oxygen atoms in total. The van der Waals surface area contributed by atoms with Gasteiger partial charge in [0.15, 0.2) is 0 Å². The first-order valence-corrected chi connectivity index (χ1v) is 9.99. The molecule has 7 heteroatoms. The summed E-state index contributed by atoms with van der Waals surface area (Å²) in [5, 5.41) is 14.8. The second-order valence-electron chi connectivity index (χ2n) is 7.33. The van der Waals surface area contributed by atoms with E-state index in [0.717, 1.165) is 31.5 Å². The molecule has 0 radical (unpaired) electrons. The van der Waals surface area contributed by atoms with Crippen molar-refractivity contribution < 1.29 is 24.6 Å². The molecule has 1 amide bonds. The molecule has 2 aliphatic rings. The molecule has 0 saturated carbocycles. The molecule has 0 bridgehead atoms. The lowest BCUT2D eigenvalue weighted by atomic mass is 10.0. The van der Waals surface area contributed by atoms with E-state index in [1.165, 1.54) is 38.8 Å². The highest BCUT2D eigenvalue weighted by Crippen LogP contribution is 2.21. The van der Waals surface area contributed by atoms with Gasteiger partial charge in [0.2, 0.25) is 5.91 Å². The van der Waals surface area contributed by atoms with Gasteiger partial charge in [-0.2, -0.15) is 0 Å². The SMILES string of the molecule is O=C(Cc1ccccc1)N1CCC(N2CCCCCC2)CC1.O=C(O)C(=O)O. The molecule has 28 heavy (non-hydrogen) atoms. The number of nitrogens with zero attached hydrogens (tertiary/aromatic N) is 2. The van der Waals surface area contributed by atoms with Gasteiger partial charge in [-0.15, -0.1) is 0 Å². The highest BCUT2D eigenvalue weighted by atomic mass is 16.4. The van der Waals surface area contributed by atoms with Crippen LogP contribution in [0.15, 0.2) is 30.3 Å². The zero-order valence-electron chi connectivity index (χ0n) is 16.3. The normalized spacial score (nSPS) is 18.5. The number of carboxylic acid groups (broad SMARTS) is 2. The van der Waals surface area contributed by atoms with Gasteiger partial charge in [-0.25, -0.2) is 9.59 Å². The molecule has 2 N–H and O–H groups in total. The first-order valence-electron chi connectivity index (χ1n) is 9.99. The molecule has 3 rings (SSSR count). The van der Waals surface area contributed by atoms with E-state index < -0.39 is 11.9 Å². The predicted molar refractivity (Wildman–Crippen MR) is 105 cm³/mol. The molecule has 0 spiro atoms. The fourth-order valence-corrected chi connectivity index (χ4v) is 3.82. The topological polar surface area (TPSA) is 98.2 Å². The minimum atomic E-state index is -1.82. The second kappa shape index (κ2) is 11.4. The van der Waals surface area contributed by atoms with Crippen LogP contribution < -0.4 is 0 Å². The van der Waals surface area contributed by atoms with Crippen molar-refractivity contribution in [3.05, 3.63) is 35.9 Å². The van der Waals surface area contributed by atoms with Crippen LogP contribution in [0.3, 0.4) is 0 Å². The van der Waals surface area contributed by atoms with E-state index in [1.54, 1.807) is 0 Å². The van der Waals surface area contributed by atoms with E-state index in [0.29, 0.717) is 18.4 Å². The minimum absolute atomic E-state index is 0.292. The van der Waals surface area contributed by atoms with Gasteiger partial charge in [0.05, 0.1) is 6.42 Å². The Bertz CT molecular complexity index is 621. The van der Waals surface area contributed by atoms with E-state index >= 15 is 0 Å². The van der Waals surface area contributed by atoms with Crippen LogP contribution in [0.1, 0.15) is 44.1 Å². The third kappa shape index (κ3) is 7.31. The highest BCUT2D eigenvalue weighted by Gasteiger charge is 2.27. The fourth-order valence-electron chi connectivity index (χ4n) is 3.82. The highest BCUT2D eigenvalue weighted by molar-refractivity contribution is 6.27. The van der Waals surface area contributed by atoms with E-state index in [1.807, 2.05) is 30.3 Å². The summed E-state index contributed by atoms with van der Waals surface area (Å²) in [4.78, 5) is 35.4. The van der Waals surface area contributed by atoms with Crippen molar-refractivity contribution in [2.45, 2.75) is 51.0 Å². The molecule has 2 fully saturated rings. The lowest BCUT2D eigenvalue weighted by Crippen LogP contribution is -2.47. The zero-order valence-corrected chi connectivity index (χ0v) is 16.3. The van der Waals surface area contributed by atoms with Crippen molar-refractivity contribution in [2.24, 2.45) is 0 Å². The number of carboxylic acids is 2. The summed E-state index contributed by atoms with van der Waals surface area (Å²) in [6.07, 6.45) is 8.35. The molecule has 2 heterocycles. The first-order chi connectivity index (χ1) is 13.5. The standard InChI is InChI=1S/C19H28N2O.C2H2O4/c22-19(16-17-8-4-3-5-9-17)21-14-10-18(11-15-21)20-12-6-1-2-7-13-20;3-1(4)2(5)6/h3-5,8-9,18H,1-2,6-7,10-16H2;(H,3,4)(H,5,6). The monoisotopic (exact) mass is 390 g/mol. The van der Waals surface area contributed by atoms with Crippen LogP contribution in [0.5, 0.6) is 0 Å². The Hall–Kier alpha value is -2.41. The molecule has 0 atom stereocenters. The summed E-state index contributed by atoms with van der Waals surface area (Å²) in [5.41, 5.74) is 1.13. The lowest BCUT2D eigenvalue weighted by Gasteiger charge is -2.38. The summed E-state index contributed by atoms with van der Waals surface area (Å²) >= 11 is 0. The van der Waals surface area contributed by atoms with Gasteiger partial charge in [0, 0.05) is 19.1 Å². The Labute approximate surface area is 165 Å². The minimum Gasteiger partial charge on any atom is -0.473 e. The Kier molecular flexibility index (Phi) is 8.94. The molecule has 154 valence electrons. The second-order valence-corrected chi connectivity index (χ2v) is 7.33. The van der Waals surface area contributed by atoms with Gasteiger partial charge in [-0.05, 0) is 44.3 Å². The number of likely N-dealkylation sites (tertiary alicyclic amines) is 2. The Morgan fingerprint density at radius 1 is 0.821 bits per heavy atom. The van der Waals surface area contributed by atoms with Crippen molar-refractivity contribution in [3.63, 3.8) is 0 Å². The fraction of sp³-hybridized carbons (Fsp3) is 0.571. The van der Waals surface area contributed by atoms with Gasteiger partial charge >= 0.3 is 11.9 Å². The Morgan fingerprint density at radius 2 is 1.36 bits per heavy atom. The van der Waals surface area contributed by atoms with Crippen LogP contribution in [0.4, 0.5) is 0 Å². The third-order valence-electron chi connectivity index (χ3n) is 5.36. The molecule has 1 aromatic rings. The van der Waals surface area contributed by atoms with Crippen LogP contribution in [0.25, 0.3) is 0 Å². The van der Waals surface area contributed by atoms with E-state index in [4.69, 9.17) is 19.8 Å². The maximum Gasteiger partial charge on any atom is 0.414 e. The quantitative estimate of drug-likeness (QED) is 0.768. The number of rotatable bonds is 3. The average Bonchev–Trinajstić information content (AvgIpc) is 2.99. The smallest absolute Gasteiger partial charge is 0.414 e. The molecule has 1 aromatic carbocycles. The molecule has 0 aliphatic carbocycles. The number of piperidine rings is 1. The van der Waals surface area contributed by atoms with Gasteiger partial charge in [-0.3, -0.25) is 4.79 Å². The zero-order chi connectivity index (χ0) is 20.4. The number of hydrogen-bond donors (Lipinski definition) is 2. The summed E-state index contributed by atoms with van der Waals surface area (Å²) < 4.78 is 0. The van der Waals surface area contributed by atoms with Gasteiger partial charge in [0.25, 0.3) is 0 Å². The molecular formula is C21H30N2O5. The van der Waals surface area contributed by atoms with Crippen molar-refractivity contribution in [3.8, 4) is 0 Å². The summed E-state index contributed by atoms with van der Waals surface area (Å²) in [6.45, 7) is 4.41. The molecule has 2 aliphatic heterocycles. The number of aliphatic carboxylic acids is 2. The van der Waals surface area contributed by atoms with Crippen molar-refractivity contribution >= 4 is 17.8 Å². The summed E-state index contributed by atoms with van der Waals surface area (Å²) in [7, 11) is 0. The molecule has 2 saturated heterocycles. The molecule has 0 aromatic heterocycles. The largest absolute Gasteiger partial charge is 0.473 e. The van der Waals surface area contributed by atoms with E-state index in [9.17, 15) is 4.79 Å². The maximum atomic E-state index is 12.4. The van der Waals surface area contributed by atoms with Crippen LogP contribution in [-0.4, -0.2) is 70.1 Å². The van der Waals surface area contributed by atoms with Crippen molar-refractivity contribution in [1.82, 2.24) is 9.80 Å². The van der Waals surface area contributed by atoms with Crippen LogP contribution in [-0.2, 0) is 20.8 Å². The summed E-state index contributed by atoms with van der Waals surface area (Å²) in [6, 6.07) is 10.8. The average molecular weight is 390 g/mol. The molecule has 0 unspecified atom stereocenters. The number of carbonyl (C=O) groups excluding carboxylic acids is 1. The van der Waals surface area contributed by atoms with Gasteiger partial charge in [0.1, 0.15) is 0 Å². The van der Waals surface area contributed by atoms with E-state index in [-0.39, 0.29) is 0 Å². The van der Waals surface area contributed by atoms with Crippen LogP contribution >= 0.6 is 0 Å². The Morgan fingerprint density at radius 3 is 1.86 bits per heavy atom. The lowest BCUT2D eigenvalue weighted by molar-refractivity contribution is -0.159. The maximum absolute atomic E-state index is 12.4. The van der Waals surface area contributed by atoms with Crippen molar-refractivity contribution in [2.75, 3.05) is 26.2 Å². The number of benzene rings is 1. The third-order valence-corrected chi connectivity index (χ3v) is 5.36. The number of amides is 1. The predicted octanol–water partition coefficient (Wildman–Crippen LogP) is 2.25. The number of hydrogen-bond acceptors (Lipinski definition) is 4. The van der Waals surface area contributed by atoms with Gasteiger partial charge < -0.3 is 20.0 Å². The first kappa shape index (κ1) is 21.9. The van der Waals surface area contributed by atoms with Crippen molar-refractivity contribution in [1.29, 1.82) is 0 Å².